The number of hydrogen-bond donors (Lipinski definition) is 4. The lowest BCUT2D eigenvalue weighted by molar-refractivity contribution is -0.111. The van der Waals surface area contributed by atoms with E-state index in [1.54, 1.807) is 32.2 Å². The lowest BCUT2D eigenvalue weighted by atomic mass is 10.1. The number of rotatable bonds is 8. The van der Waals surface area contributed by atoms with E-state index in [9.17, 15) is 9.90 Å². The third-order valence-electron chi connectivity index (χ3n) is 4.80. The van der Waals surface area contributed by atoms with Crippen molar-refractivity contribution in [2.45, 2.75) is 19.6 Å². The van der Waals surface area contributed by atoms with Crippen LogP contribution in [0.2, 0.25) is 0 Å². The second kappa shape index (κ2) is 10.3. The number of ether oxygens (including phenoxy) is 1. The highest BCUT2D eigenvalue weighted by atomic mass is 16.5. The third-order valence-corrected chi connectivity index (χ3v) is 4.80. The molecule has 1 amide bonds. The van der Waals surface area contributed by atoms with Crippen molar-refractivity contribution in [3.8, 4) is 5.75 Å². The Morgan fingerprint density at radius 2 is 1.87 bits per heavy atom. The third kappa shape index (κ3) is 6.10. The van der Waals surface area contributed by atoms with Crippen molar-refractivity contribution in [2.24, 2.45) is 0 Å². The number of carbonyl (C=O) groups excluding carboxylic acids is 1. The number of anilines is 3. The van der Waals surface area contributed by atoms with E-state index in [1.807, 2.05) is 54.6 Å². The van der Waals surface area contributed by atoms with Crippen molar-refractivity contribution in [1.29, 1.82) is 0 Å². The van der Waals surface area contributed by atoms with Crippen LogP contribution in [0.4, 0.5) is 17.1 Å². The predicted molar refractivity (Wildman–Crippen MR) is 126 cm³/mol. The number of aliphatic hydroxyl groups is 1. The van der Waals surface area contributed by atoms with Gasteiger partial charge in [0.05, 0.1) is 24.6 Å². The van der Waals surface area contributed by atoms with E-state index >= 15 is 0 Å². The lowest BCUT2D eigenvalue weighted by Gasteiger charge is -2.14. The number of benzene rings is 3. The molecule has 0 aliphatic heterocycles. The number of nitrogens with one attached hydrogen (secondary N) is 2. The second-order valence-electron chi connectivity index (χ2n) is 7.14. The molecule has 6 heteroatoms. The topological polar surface area (TPSA) is 96.6 Å². The summed E-state index contributed by atoms with van der Waals surface area (Å²) in [6.45, 7) is 2.34. The van der Waals surface area contributed by atoms with E-state index < -0.39 is 6.10 Å². The SMILES string of the molecule is COc1ccc(NCc2ccc(/C=C/C(=O)Nc3ccccc3N)cc2)cc1C(C)O. The minimum absolute atomic E-state index is 0.239. The number of aliphatic hydroxyl groups excluding tert-OH is 1. The van der Waals surface area contributed by atoms with E-state index in [2.05, 4.69) is 10.6 Å². The lowest BCUT2D eigenvalue weighted by Crippen LogP contribution is -2.09. The van der Waals surface area contributed by atoms with Gasteiger partial charge in [0.1, 0.15) is 5.75 Å². The standard InChI is InChI=1S/C25H27N3O3/c1-17(29)21-15-20(12-13-24(21)31-2)27-16-19-9-7-18(8-10-19)11-14-25(30)28-23-6-4-3-5-22(23)26/h3-15,17,27,29H,16,26H2,1-2H3,(H,28,30)/b14-11+. The van der Waals surface area contributed by atoms with Crippen LogP contribution in [0.3, 0.4) is 0 Å². The molecule has 0 saturated carbocycles. The second-order valence-corrected chi connectivity index (χ2v) is 7.14. The largest absolute Gasteiger partial charge is 0.496 e. The average Bonchev–Trinajstić information content (AvgIpc) is 2.78. The smallest absolute Gasteiger partial charge is 0.248 e. The molecule has 0 aromatic heterocycles. The van der Waals surface area contributed by atoms with Gasteiger partial charge in [-0.15, -0.1) is 0 Å². The molecule has 160 valence electrons. The molecule has 3 rings (SSSR count). The molecule has 6 nitrogen and oxygen atoms in total. The quantitative estimate of drug-likeness (QED) is 0.317. The van der Waals surface area contributed by atoms with Gasteiger partial charge < -0.3 is 26.2 Å². The number of nitrogen functional groups attached to an aromatic ring is 1. The Kier molecular flexibility index (Phi) is 7.30. The zero-order chi connectivity index (χ0) is 22.2. The summed E-state index contributed by atoms with van der Waals surface area (Å²) < 4.78 is 5.29. The normalized spacial score (nSPS) is 11.8. The van der Waals surface area contributed by atoms with Crippen LogP contribution in [0.5, 0.6) is 5.75 Å². The summed E-state index contributed by atoms with van der Waals surface area (Å²) in [6.07, 6.45) is 2.62. The molecular formula is C25H27N3O3. The van der Waals surface area contributed by atoms with Gasteiger partial charge in [-0.25, -0.2) is 0 Å². The first-order valence-electron chi connectivity index (χ1n) is 9.98. The van der Waals surface area contributed by atoms with Gasteiger partial charge in [-0.1, -0.05) is 36.4 Å². The van der Waals surface area contributed by atoms with Crippen molar-refractivity contribution in [1.82, 2.24) is 0 Å². The molecule has 0 aliphatic carbocycles. The number of nitrogens with two attached hydrogens (primary N) is 1. The number of methoxy groups -OCH3 is 1. The van der Waals surface area contributed by atoms with Crippen LogP contribution in [0, 0.1) is 0 Å². The molecule has 0 fully saturated rings. The minimum atomic E-state index is -0.613. The average molecular weight is 418 g/mol. The van der Waals surface area contributed by atoms with Crippen LogP contribution in [-0.4, -0.2) is 18.1 Å². The highest BCUT2D eigenvalue weighted by molar-refractivity contribution is 6.03. The van der Waals surface area contributed by atoms with E-state index in [-0.39, 0.29) is 5.91 Å². The van der Waals surface area contributed by atoms with Crippen molar-refractivity contribution in [2.75, 3.05) is 23.5 Å². The molecule has 0 radical (unpaired) electrons. The van der Waals surface area contributed by atoms with Gasteiger partial charge in [-0.3, -0.25) is 4.79 Å². The van der Waals surface area contributed by atoms with Crippen LogP contribution < -0.4 is 21.1 Å². The maximum absolute atomic E-state index is 12.1. The van der Waals surface area contributed by atoms with Gasteiger partial charge in [0, 0.05) is 23.9 Å². The molecule has 3 aromatic rings. The van der Waals surface area contributed by atoms with Gasteiger partial charge in [0.25, 0.3) is 0 Å². The molecule has 0 bridgehead atoms. The summed E-state index contributed by atoms with van der Waals surface area (Å²) >= 11 is 0. The zero-order valence-electron chi connectivity index (χ0n) is 17.6. The molecule has 0 saturated heterocycles. The van der Waals surface area contributed by atoms with E-state index in [0.717, 1.165) is 22.4 Å². The maximum Gasteiger partial charge on any atom is 0.248 e. The number of para-hydroxylation sites is 2. The maximum atomic E-state index is 12.1. The number of carbonyl (C=O) groups is 1. The summed E-state index contributed by atoms with van der Waals surface area (Å²) in [5, 5.41) is 16.0. The van der Waals surface area contributed by atoms with Crippen LogP contribution in [0.1, 0.15) is 29.7 Å². The van der Waals surface area contributed by atoms with E-state index in [4.69, 9.17) is 10.5 Å². The Labute approximate surface area is 182 Å². The van der Waals surface area contributed by atoms with Gasteiger partial charge >= 0.3 is 0 Å². The van der Waals surface area contributed by atoms with Crippen LogP contribution in [0.15, 0.2) is 72.8 Å². The van der Waals surface area contributed by atoms with Crippen LogP contribution in [0.25, 0.3) is 6.08 Å². The van der Waals surface area contributed by atoms with Crippen molar-refractivity contribution in [3.05, 3.63) is 89.5 Å². The summed E-state index contributed by atoms with van der Waals surface area (Å²) in [5.41, 5.74) is 10.6. The van der Waals surface area contributed by atoms with E-state index in [1.165, 1.54) is 6.08 Å². The minimum Gasteiger partial charge on any atom is -0.496 e. The molecule has 0 aliphatic rings. The van der Waals surface area contributed by atoms with Crippen LogP contribution >= 0.6 is 0 Å². The Morgan fingerprint density at radius 3 is 2.55 bits per heavy atom. The zero-order valence-corrected chi connectivity index (χ0v) is 17.6. The van der Waals surface area contributed by atoms with Gasteiger partial charge in [-0.2, -0.15) is 0 Å². The molecule has 31 heavy (non-hydrogen) atoms. The highest BCUT2D eigenvalue weighted by Crippen LogP contribution is 2.28. The first-order chi connectivity index (χ1) is 15.0. The van der Waals surface area contributed by atoms with Crippen LogP contribution in [-0.2, 0) is 11.3 Å². The Balaban J connectivity index is 1.57. The first kappa shape index (κ1) is 21.9. The fourth-order valence-corrected chi connectivity index (χ4v) is 3.08. The van der Waals surface area contributed by atoms with Crippen molar-refractivity contribution in [3.63, 3.8) is 0 Å². The number of hydrogen-bond acceptors (Lipinski definition) is 5. The van der Waals surface area contributed by atoms with E-state index in [0.29, 0.717) is 23.7 Å². The Bertz CT molecular complexity index is 1060. The fraction of sp³-hybridized carbons (Fsp3) is 0.160. The molecule has 1 atom stereocenters. The number of amides is 1. The first-order valence-corrected chi connectivity index (χ1v) is 9.98. The van der Waals surface area contributed by atoms with Crippen molar-refractivity contribution < 1.29 is 14.6 Å². The molecule has 5 N–H and O–H groups in total. The summed E-state index contributed by atoms with van der Waals surface area (Å²) in [6, 6.07) is 20.7. The highest BCUT2D eigenvalue weighted by Gasteiger charge is 2.09. The Hall–Kier alpha value is -3.77. The predicted octanol–water partition coefficient (Wildman–Crippen LogP) is 4.59. The monoisotopic (exact) mass is 417 g/mol. The Morgan fingerprint density at radius 1 is 1.13 bits per heavy atom. The van der Waals surface area contributed by atoms with Gasteiger partial charge in [-0.05, 0) is 54.5 Å². The molecule has 0 heterocycles. The molecule has 3 aromatic carbocycles. The molecule has 1 unspecified atom stereocenters. The molecular weight excluding hydrogens is 390 g/mol. The summed E-state index contributed by atoms with van der Waals surface area (Å²) in [7, 11) is 1.59. The van der Waals surface area contributed by atoms with Gasteiger partial charge in [0.15, 0.2) is 0 Å². The molecule has 0 spiro atoms. The van der Waals surface area contributed by atoms with Crippen molar-refractivity contribution >= 4 is 29.0 Å². The fourth-order valence-electron chi connectivity index (χ4n) is 3.08. The van der Waals surface area contributed by atoms with Gasteiger partial charge in [0.2, 0.25) is 5.91 Å². The summed E-state index contributed by atoms with van der Waals surface area (Å²) in [4.78, 5) is 12.1. The summed E-state index contributed by atoms with van der Waals surface area (Å²) in [5.74, 6) is 0.424.